The molecule has 1 aromatic carbocycles. The molecule has 1 saturated heterocycles. The van der Waals surface area contributed by atoms with Gasteiger partial charge in [-0.15, -0.1) is 0 Å². The van der Waals surface area contributed by atoms with E-state index in [1.165, 1.54) is 0 Å². The van der Waals surface area contributed by atoms with Crippen LogP contribution in [0.2, 0.25) is 0 Å². The van der Waals surface area contributed by atoms with E-state index in [4.69, 9.17) is 9.47 Å². The highest BCUT2D eigenvalue weighted by molar-refractivity contribution is 5.80. The van der Waals surface area contributed by atoms with Crippen molar-refractivity contribution in [3.63, 3.8) is 0 Å². The molecule has 1 aliphatic rings. The Labute approximate surface area is 124 Å². The Morgan fingerprint density at radius 1 is 1.38 bits per heavy atom. The largest absolute Gasteiger partial charge is 0.466 e. The molecule has 2 unspecified atom stereocenters. The lowest BCUT2D eigenvalue weighted by atomic mass is 10.0. The van der Waals surface area contributed by atoms with Gasteiger partial charge in [-0.05, 0) is 18.9 Å². The average molecular weight is 291 g/mol. The summed E-state index contributed by atoms with van der Waals surface area (Å²) >= 11 is 0. The first-order chi connectivity index (χ1) is 10.2. The molecule has 1 aliphatic heterocycles. The van der Waals surface area contributed by atoms with Gasteiger partial charge < -0.3 is 14.8 Å². The minimum absolute atomic E-state index is 0.0642. The first-order valence-electron chi connectivity index (χ1n) is 7.29. The van der Waals surface area contributed by atoms with E-state index in [2.05, 4.69) is 5.32 Å². The Bertz CT molecular complexity index is 468. The van der Waals surface area contributed by atoms with Crippen LogP contribution in [-0.4, -0.2) is 31.7 Å². The molecule has 114 valence electrons. The van der Waals surface area contributed by atoms with Crippen LogP contribution in [-0.2, 0) is 19.1 Å². The number of esters is 1. The van der Waals surface area contributed by atoms with E-state index in [-0.39, 0.29) is 30.3 Å². The number of ether oxygens (including phenoxy) is 2. The molecule has 0 saturated carbocycles. The van der Waals surface area contributed by atoms with Gasteiger partial charge in [0.2, 0.25) is 5.91 Å². The highest BCUT2D eigenvalue weighted by atomic mass is 16.5. The van der Waals surface area contributed by atoms with E-state index in [0.717, 1.165) is 12.0 Å². The molecular weight excluding hydrogens is 270 g/mol. The van der Waals surface area contributed by atoms with E-state index in [9.17, 15) is 9.59 Å². The Kier molecular flexibility index (Phi) is 5.75. The SMILES string of the molecule is CCOC(=O)CC(NC(=O)C1CCOC1)c1ccccc1. The summed E-state index contributed by atoms with van der Waals surface area (Å²) in [5.74, 6) is -0.501. The molecule has 0 aliphatic carbocycles. The quantitative estimate of drug-likeness (QED) is 0.812. The second kappa shape index (κ2) is 7.78. The van der Waals surface area contributed by atoms with E-state index in [1.54, 1.807) is 6.92 Å². The molecule has 0 bridgehead atoms. The molecule has 5 heteroatoms. The van der Waals surface area contributed by atoms with Gasteiger partial charge >= 0.3 is 5.97 Å². The third-order valence-electron chi connectivity index (χ3n) is 3.50. The first-order valence-corrected chi connectivity index (χ1v) is 7.29. The molecular formula is C16H21NO4. The van der Waals surface area contributed by atoms with E-state index in [0.29, 0.717) is 19.8 Å². The van der Waals surface area contributed by atoms with Gasteiger partial charge in [0, 0.05) is 6.61 Å². The number of amides is 1. The Balaban J connectivity index is 2.04. The Morgan fingerprint density at radius 3 is 2.76 bits per heavy atom. The standard InChI is InChI=1S/C16H21NO4/c1-2-21-15(18)10-14(12-6-4-3-5-7-12)17-16(19)13-8-9-20-11-13/h3-7,13-14H,2,8-11H2,1H3,(H,17,19). The zero-order chi connectivity index (χ0) is 15.1. The van der Waals surface area contributed by atoms with Crippen molar-refractivity contribution in [1.29, 1.82) is 0 Å². The third kappa shape index (κ3) is 4.56. The van der Waals surface area contributed by atoms with Crippen molar-refractivity contribution in [2.75, 3.05) is 19.8 Å². The maximum Gasteiger partial charge on any atom is 0.308 e. The maximum atomic E-state index is 12.2. The summed E-state index contributed by atoms with van der Waals surface area (Å²) in [6, 6.07) is 9.11. The Hall–Kier alpha value is -1.88. The molecule has 0 spiro atoms. The summed E-state index contributed by atoms with van der Waals surface area (Å²) in [6.45, 7) is 3.17. The molecule has 2 atom stereocenters. The van der Waals surface area contributed by atoms with Crippen molar-refractivity contribution < 1.29 is 19.1 Å². The second-order valence-corrected chi connectivity index (χ2v) is 5.04. The van der Waals surface area contributed by atoms with Crippen LogP contribution in [0.25, 0.3) is 0 Å². The molecule has 5 nitrogen and oxygen atoms in total. The summed E-state index contributed by atoms with van der Waals surface area (Å²) in [6.07, 6.45) is 0.865. The van der Waals surface area contributed by atoms with Crippen molar-refractivity contribution in [3.8, 4) is 0 Å². The predicted molar refractivity (Wildman–Crippen MR) is 77.5 cm³/mol. The Morgan fingerprint density at radius 2 is 2.14 bits per heavy atom. The number of carbonyl (C=O) groups is 2. The van der Waals surface area contributed by atoms with Gasteiger partial charge in [-0.25, -0.2) is 0 Å². The van der Waals surface area contributed by atoms with Crippen LogP contribution in [0, 0.1) is 5.92 Å². The van der Waals surface area contributed by atoms with Gasteiger partial charge in [0.1, 0.15) is 0 Å². The smallest absolute Gasteiger partial charge is 0.308 e. The predicted octanol–water partition coefficient (Wildman–Crippen LogP) is 1.83. The number of benzene rings is 1. The van der Waals surface area contributed by atoms with Crippen LogP contribution in [0.1, 0.15) is 31.4 Å². The zero-order valence-corrected chi connectivity index (χ0v) is 12.2. The highest BCUT2D eigenvalue weighted by Crippen LogP contribution is 2.20. The average Bonchev–Trinajstić information content (AvgIpc) is 3.02. The summed E-state index contributed by atoms with van der Waals surface area (Å²) in [7, 11) is 0. The fourth-order valence-corrected chi connectivity index (χ4v) is 2.36. The van der Waals surface area contributed by atoms with Crippen LogP contribution in [0.3, 0.4) is 0 Å². The lowest BCUT2D eigenvalue weighted by Crippen LogP contribution is -2.35. The molecule has 0 radical (unpaired) electrons. The van der Waals surface area contributed by atoms with Gasteiger partial charge in [0.25, 0.3) is 0 Å². The van der Waals surface area contributed by atoms with Crippen molar-refractivity contribution in [2.45, 2.75) is 25.8 Å². The number of hydrogen-bond donors (Lipinski definition) is 1. The molecule has 2 rings (SSSR count). The van der Waals surface area contributed by atoms with Crippen molar-refractivity contribution in [1.82, 2.24) is 5.32 Å². The minimum atomic E-state index is -0.363. The van der Waals surface area contributed by atoms with Crippen LogP contribution in [0.5, 0.6) is 0 Å². The van der Waals surface area contributed by atoms with E-state index in [1.807, 2.05) is 30.3 Å². The van der Waals surface area contributed by atoms with E-state index < -0.39 is 0 Å². The highest BCUT2D eigenvalue weighted by Gasteiger charge is 2.27. The van der Waals surface area contributed by atoms with Crippen LogP contribution in [0.15, 0.2) is 30.3 Å². The van der Waals surface area contributed by atoms with Gasteiger partial charge in [-0.3, -0.25) is 9.59 Å². The lowest BCUT2D eigenvalue weighted by Gasteiger charge is -2.20. The molecule has 0 aromatic heterocycles. The van der Waals surface area contributed by atoms with Gasteiger partial charge in [0.05, 0.1) is 31.6 Å². The summed E-state index contributed by atoms with van der Waals surface area (Å²) in [5, 5.41) is 2.94. The minimum Gasteiger partial charge on any atom is -0.466 e. The van der Waals surface area contributed by atoms with Gasteiger partial charge in [0.15, 0.2) is 0 Å². The van der Waals surface area contributed by atoms with Gasteiger partial charge in [-0.1, -0.05) is 30.3 Å². The van der Waals surface area contributed by atoms with Crippen molar-refractivity contribution in [2.24, 2.45) is 5.92 Å². The maximum absolute atomic E-state index is 12.2. The van der Waals surface area contributed by atoms with Crippen LogP contribution >= 0.6 is 0 Å². The van der Waals surface area contributed by atoms with Crippen LogP contribution in [0.4, 0.5) is 0 Å². The summed E-state index contributed by atoms with van der Waals surface area (Å²) < 4.78 is 10.2. The summed E-state index contributed by atoms with van der Waals surface area (Å²) in [5.41, 5.74) is 0.901. The topological polar surface area (TPSA) is 64.6 Å². The van der Waals surface area contributed by atoms with Crippen molar-refractivity contribution in [3.05, 3.63) is 35.9 Å². The zero-order valence-electron chi connectivity index (χ0n) is 12.2. The number of nitrogens with one attached hydrogen (secondary N) is 1. The second-order valence-electron chi connectivity index (χ2n) is 5.04. The fourth-order valence-electron chi connectivity index (χ4n) is 2.36. The number of hydrogen-bond acceptors (Lipinski definition) is 4. The first kappa shape index (κ1) is 15.5. The molecule has 1 amide bonds. The molecule has 1 fully saturated rings. The third-order valence-corrected chi connectivity index (χ3v) is 3.50. The van der Waals surface area contributed by atoms with E-state index >= 15 is 0 Å². The molecule has 1 aromatic rings. The molecule has 1 heterocycles. The number of carbonyl (C=O) groups excluding carboxylic acids is 2. The normalized spacial score (nSPS) is 19.0. The van der Waals surface area contributed by atoms with Crippen LogP contribution < -0.4 is 5.32 Å². The molecule has 21 heavy (non-hydrogen) atoms. The van der Waals surface area contributed by atoms with Crippen molar-refractivity contribution >= 4 is 11.9 Å². The lowest BCUT2D eigenvalue weighted by molar-refractivity contribution is -0.143. The summed E-state index contributed by atoms with van der Waals surface area (Å²) in [4.78, 5) is 24.0. The fraction of sp³-hybridized carbons (Fsp3) is 0.500. The molecule has 1 N–H and O–H groups in total. The monoisotopic (exact) mass is 291 g/mol. The van der Waals surface area contributed by atoms with Gasteiger partial charge in [-0.2, -0.15) is 0 Å². The number of rotatable bonds is 6.